The van der Waals surface area contributed by atoms with Crippen LogP contribution in [-0.4, -0.2) is 23.6 Å². The van der Waals surface area contributed by atoms with Gasteiger partial charge in [0.1, 0.15) is 12.4 Å². The van der Waals surface area contributed by atoms with Gasteiger partial charge < -0.3 is 14.8 Å². The van der Waals surface area contributed by atoms with E-state index in [0.29, 0.717) is 44.7 Å². The van der Waals surface area contributed by atoms with Gasteiger partial charge in [-0.3, -0.25) is 9.59 Å². The maximum Gasteiger partial charge on any atom is 0.279 e. The first-order valence-corrected chi connectivity index (χ1v) is 11.8. The van der Waals surface area contributed by atoms with E-state index in [1.807, 2.05) is 6.92 Å². The van der Waals surface area contributed by atoms with E-state index < -0.39 is 5.91 Å². The number of amidine groups is 1. The lowest BCUT2D eigenvalue weighted by molar-refractivity contribution is -0.115. The summed E-state index contributed by atoms with van der Waals surface area (Å²) in [6, 6.07) is 17.8. The molecule has 0 spiro atoms. The molecule has 3 aromatic carbocycles. The van der Waals surface area contributed by atoms with Gasteiger partial charge >= 0.3 is 0 Å². The van der Waals surface area contributed by atoms with E-state index in [1.54, 1.807) is 60.7 Å². The first-order chi connectivity index (χ1) is 16.9. The van der Waals surface area contributed by atoms with Gasteiger partial charge in [-0.1, -0.05) is 29.8 Å². The number of benzene rings is 3. The number of aliphatic imine (C=N–C) groups is 1. The molecule has 6 nitrogen and oxygen atoms in total. The van der Waals surface area contributed by atoms with Crippen molar-refractivity contribution in [2.24, 2.45) is 4.99 Å². The van der Waals surface area contributed by atoms with Gasteiger partial charge in [0.15, 0.2) is 16.7 Å². The number of hydrogen-bond acceptors (Lipinski definition) is 5. The largest absolute Gasteiger partial charge is 0.490 e. The van der Waals surface area contributed by atoms with Gasteiger partial charge in [0.05, 0.1) is 11.5 Å². The summed E-state index contributed by atoms with van der Waals surface area (Å²) < 4.78 is 24.9. The van der Waals surface area contributed by atoms with Crippen molar-refractivity contribution >= 4 is 46.4 Å². The summed E-state index contributed by atoms with van der Waals surface area (Å²) in [7, 11) is 0. The number of carbonyl (C=O) groups is 2. The van der Waals surface area contributed by atoms with Crippen LogP contribution in [0.3, 0.4) is 0 Å². The molecule has 9 heteroatoms. The highest BCUT2D eigenvalue weighted by molar-refractivity contribution is 8.18. The van der Waals surface area contributed by atoms with Crippen LogP contribution in [0.5, 0.6) is 11.5 Å². The lowest BCUT2D eigenvalue weighted by Crippen LogP contribution is -2.20. The molecule has 1 fully saturated rings. The number of nitrogens with zero attached hydrogens (tertiary/aromatic N) is 1. The zero-order valence-electron chi connectivity index (χ0n) is 18.6. The first-order valence-electron chi connectivity index (χ1n) is 10.6. The maximum absolute atomic E-state index is 13.4. The van der Waals surface area contributed by atoms with Gasteiger partial charge in [0.2, 0.25) is 0 Å². The second kappa shape index (κ2) is 11.2. The molecule has 0 aromatic heterocycles. The van der Waals surface area contributed by atoms with Crippen molar-refractivity contribution in [3.05, 3.63) is 99.2 Å². The van der Waals surface area contributed by atoms with Crippen molar-refractivity contribution in [1.29, 1.82) is 0 Å². The van der Waals surface area contributed by atoms with E-state index in [1.165, 1.54) is 12.1 Å². The summed E-state index contributed by atoms with van der Waals surface area (Å²) in [6.07, 6.45) is 1.67. The SMILES string of the molecule is CCOc1cc(/C=C2\SC(=NC(=O)c3ccc(Cl)cc3)NC2=O)ccc1OCc1cccc(F)c1. The molecule has 0 bridgehead atoms. The Labute approximate surface area is 210 Å². The lowest BCUT2D eigenvalue weighted by atomic mass is 10.2. The minimum atomic E-state index is -0.482. The fourth-order valence-electron chi connectivity index (χ4n) is 3.17. The molecule has 1 N–H and O–H groups in total. The topological polar surface area (TPSA) is 77.0 Å². The van der Waals surface area contributed by atoms with Gasteiger partial charge in [-0.15, -0.1) is 0 Å². The van der Waals surface area contributed by atoms with E-state index in [9.17, 15) is 14.0 Å². The normalized spacial score (nSPS) is 15.3. The number of nitrogens with one attached hydrogen (secondary N) is 1. The fourth-order valence-corrected chi connectivity index (χ4v) is 4.12. The molecule has 2 amide bonds. The Morgan fingerprint density at radius 3 is 2.63 bits per heavy atom. The van der Waals surface area contributed by atoms with E-state index in [-0.39, 0.29) is 23.5 Å². The van der Waals surface area contributed by atoms with Crippen molar-refractivity contribution in [2.45, 2.75) is 13.5 Å². The van der Waals surface area contributed by atoms with E-state index >= 15 is 0 Å². The highest BCUT2D eigenvalue weighted by Gasteiger charge is 2.25. The highest BCUT2D eigenvalue weighted by atomic mass is 35.5. The molecule has 0 unspecified atom stereocenters. The molecular formula is C26H20ClFN2O4S. The third-order valence-electron chi connectivity index (χ3n) is 4.79. The molecule has 1 aliphatic heterocycles. The molecule has 3 aromatic rings. The van der Waals surface area contributed by atoms with Gasteiger partial charge in [-0.2, -0.15) is 4.99 Å². The molecule has 4 rings (SSSR count). The van der Waals surface area contributed by atoms with Crippen molar-refractivity contribution in [1.82, 2.24) is 5.32 Å². The number of rotatable bonds is 7. The predicted octanol–water partition coefficient (Wildman–Crippen LogP) is 5.86. The second-order valence-electron chi connectivity index (χ2n) is 7.35. The number of halogens is 2. The number of hydrogen-bond donors (Lipinski definition) is 1. The van der Waals surface area contributed by atoms with Gasteiger partial charge in [0.25, 0.3) is 11.8 Å². The molecule has 35 heavy (non-hydrogen) atoms. The van der Waals surface area contributed by atoms with Gasteiger partial charge in [-0.25, -0.2) is 4.39 Å². The van der Waals surface area contributed by atoms with Crippen LogP contribution in [0.1, 0.15) is 28.4 Å². The molecule has 0 aliphatic carbocycles. The minimum Gasteiger partial charge on any atom is -0.490 e. The molecule has 1 saturated heterocycles. The zero-order chi connectivity index (χ0) is 24.8. The standard InChI is InChI=1S/C26H20ClFN2O4S/c1-2-33-22-13-16(6-11-21(22)34-15-17-4-3-5-20(28)12-17)14-23-25(32)30-26(35-23)29-24(31)18-7-9-19(27)10-8-18/h3-14H,2,15H2,1H3,(H,29,30,31,32)/b23-14-. The van der Waals surface area contributed by atoms with Crippen molar-refractivity contribution in [2.75, 3.05) is 6.61 Å². The smallest absolute Gasteiger partial charge is 0.279 e. The summed E-state index contributed by atoms with van der Waals surface area (Å²) in [4.78, 5) is 29.1. The quantitative estimate of drug-likeness (QED) is 0.403. The Morgan fingerprint density at radius 2 is 1.89 bits per heavy atom. The van der Waals surface area contributed by atoms with Crippen LogP contribution in [-0.2, 0) is 11.4 Å². The first kappa shape index (κ1) is 24.5. The fraction of sp³-hybridized carbons (Fsp3) is 0.115. The highest BCUT2D eigenvalue weighted by Crippen LogP contribution is 2.32. The Bertz CT molecular complexity index is 1330. The van der Waals surface area contributed by atoms with Crippen LogP contribution in [0, 0.1) is 5.82 Å². The summed E-state index contributed by atoms with van der Waals surface area (Å²) >= 11 is 6.92. The number of ether oxygens (including phenoxy) is 2. The zero-order valence-corrected chi connectivity index (χ0v) is 20.2. The van der Waals surface area contributed by atoms with Crippen molar-refractivity contribution in [3.8, 4) is 11.5 Å². The van der Waals surface area contributed by atoms with E-state index in [0.717, 1.165) is 11.8 Å². The van der Waals surface area contributed by atoms with E-state index in [4.69, 9.17) is 21.1 Å². The Hall–Kier alpha value is -3.62. The third kappa shape index (κ3) is 6.49. The molecule has 0 saturated carbocycles. The summed E-state index contributed by atoms with van der Waals surface area (Å²) in [5.41, 5.74) is 1.76. The number of carbonyl (C=O) groups excluding carboxylic acids is 2. The van der Waals surface area contributed by atoms with Crippen LogP contribution in [0.4, 0.5) is 4.39 Å². The van der Waals surface area contributed by atoms with Crippen LogP contribution < -0.4 is 14.8 Å². The molecule has 0 radical (unpaired) electrons. The van der Waals surface area contributed by atoms with Gasteiger partial charge in [-0.05, 0) is 84.4 Å². The van der Waals surface area contributed by atoms with E-state index in [2.05, 4.69) is 10.3 Å². The molecule has 1 aliphatic rings. The van der Waals surface area contributed by atoms with Crippen LogP contribution in [0.15, 0.2) is 76.6 Å². The molecule has 178 valence electrons. The average Bonchev–Trinajstić information content (AvgIpc) is 3.17. The van der Waals surface area contributed by atoms with Crippen molar-refractivity contribution in [3.63, 3.8) is 0 Å². The second-order valence-corrected chi connectivity index (χ2v) is 8.82. The monoisotopic (exact) mass is 510 g/mol. The Morgan fingerprint density at radius 1 is 1.09 bits per heavy atom. The van der Waals surface area contributed by atoms with Crippen LogP contribution in [0.2, 0.25) is 5.02 Å². The maximum atomic E-state index is 13.4. The van der Waals surface area contributed by atoms with Crippen molar-refractivity contribution < 1.29 is 23.5 Å². The Kier molecular flexibility index (Phi) is 7.84. The van der Waals surface area contributed by atoms with Gasteiger partial charge in [0, 0.05) is 10.6 Å². The predicted molar refractivity (Wildman–Crippen MR) is 135 cm³/mol. The third-order valence-corrected chi connectivity index (χ3v) is 5.96. The summed E-state index contributed by atoms with van der Waals surface area (Å²) in [5.74, 6) is -0.180. The lowest BCUT2D eigenvalue weighted by Gasteiger charge is -2.13. The molecular weight excluding hydrogens is 491 g/mol. The summed E-state index contributed by atoms with van der Waals surface area (Å²) in [5, 5.41) is 3.31. The number of thioether (sulfide) groups is 1. The molecule has 1 heterocycles. The summed E-state index contributed by atoms with van der Waals surface area (Å²) in [6.45, 7) is 2.44. The Balaban J connectivity index is 1.49. The average molecular weight is 511 g/mol. The minimum absolute atomic E-state index is 0.179. The number of amides is 2. The van der Waals surface area contributed by atoms with Crippen LogP contribution in [0.25, 0.3) is 6.08 Å². The molecule has 0 atom stereocenters. The van der Waals surface area contributed by atoms with Crippen LogP contribution >= 0.6 is 23.4 Å².